The van der Waals surface area contributed by atoms with Crippen LogP contribution in [0.4, 0.5) is 0 Å². The zero-order chi connectivity index (χ0) is 25.8. The Labute approximate surface area is 209 Å². The van der Waals surface area contributed by atoms with Crippen LogP contribution in [0.3, 0.4) is 0 Å². The fourth-order valence-corrected chi connectivity index (χ4v) is 4.70. The Morgan fingerprint density at radius 1 is 1.08 bits per heavy atom. The number of carbonyl (C=O) groups excluding carboxylic acids is 5. The minimum atomic E-state index is -0.972. The average Bonchev–Trinajstić information content (AvgIpc) is 2.99. The van der Waals surface area contributed by atoms with Crippen molar-refractivity contribution in [3.8, 4) is 0 Å². The SMILES string of the molecule is CC(C)O[C@H]1OC(=O)C[C@@H]1NC(=O)[C@@H]1CCCC=C2C(=O)CC[C@H](NC(=O)c3ccccc3)C(=O)N21. The highest BCUT2D eigenvalue weighted by Crippen LogP contribution is 2.28. The average molecular weight is 498 g/mol. The van der Waals surface area contributed by atoms with Gasteiger partial charge in [0, 0.05) is 12.0 Å². The van der Waals surface area contributed by atoms with Crippen LogP contribution in [0.5, 0.6) is 0 Å². The molecule has 4 rings (SSSR count). The lowest BCUT2D eigenvalue weighted by Crippen LogP contribution is -2.56. The van der Waals surface area contributed by atoms with Crippen molar-refractivity contribution in [1.29, 1.82) is 0 Å². The van der Waals surface area contributed by atoms with Gasteiger partial charge in [-0.05, 0) is 51.7 Å². The second kappa shape index (κ2) is 11.0. The van der Waals surface area contributed by atoms with Crippen LogP contribution in [0.15, 0.2) is 42.1 Å². The van der Waals surface area contributed by atoms with Crippen LogP contribution >= 0.6 is 0 Å². The molecule has 1 aromatic rings. The Morgan fingerprint density at radius 3 is 2.56 bits per heavy atom. The second-order valence-corrected chi connectivity index (χ2v) is 9.46. The first kappa shape index (κ1) is 25.6. The first-order valence-electron chi connectivity index (χ1n) is 12.3. The first-order chi connectivity index (χ1) is 17.2. The van der Waals surface area contributed by atoms with Crippen LogP contribution in [0.25, 0.3) is 0 Å². The fourth-order valence-electron chi connectivity index (χ4n) is 4.70. The highest BCUT2D eigenvalue weighted by molar-refractivity contribution is 6.05. The number of Topliss-reactive ketones (excluding diaryl/α,β-unsaturated/α-hetero) is 1. The van der Waals surface area contributed by atoms with E-state index in [9.17, 15) is 24.0 Å². The molecule has 10 nitrogen and oxygen atoms in total. The fraction of sp³-hybridized carbons (Fsp3) is 0.500. The molecule has 10 heteroatoms. The molecule has 0 aromatic heterocycles. The first-order valence-corrected chi connectivity index (χ1v) is 12.3. The van der Waals surface area contributed by atoms with E-state index in [1.54, 1.807) is 50.3 Å². The summed E-state index contributed by atoms with van der Waals surface area (Å²) in [7, 11) is 0. The van der Waals surface area contributed by atoms with Gasteiger partial charge in [-0.15, -0.1) is 0 Å². The van der Waals surface area contributed by atoms with E-state index in [1.807, 2.05) is 0 Å². The molecule has 3 amide bonds. The van der Waals surface area contributed by atoms with Crippen molar-refractivity contribution in [1.82, 2.24) is 15.5 Å². The van der Waals surface area contributed by atoms with E-state index >= 15 is 0 Å². The largest absolute Gasteiger partial charge is 0.433 e. The molecule has 1 aromatic carbocycles. The van der Waals surface area contributed by atoms with Crippen LogP contribution in [0.2, 0.25) is 0 Å². The number of cyclic esters (lactones) is 1. The summed E-state index contributed by atoms with van der Waals surface area (Å²) in [5, 5.41) is 5.54. The molecule has 3 aliphatic heterocycles. The highest BCUT2D eigenvalue weighted by Gasteiger charge is 2.44. The Kier molecular flexibility index (Phi) is 7.83. The summed E-state index contributed by atoms with van der Waals surface area (Å²) in [6.07, 6.45) is 2.13. The van der Waals surface area contributed by atoms with Crippen molar-refractivity contribution >= 4 is 29.5 Å². The molecule has 0 radical (unpaired) electrons. The molecule has 2 saturated heterocycles. The number of hydrogen-bond acceptors (Lipinski definition) is 7. The third-order valence-corrected chi connectivity index (χ3v) is 6.41. The lowest BCUT2D eigenvalue weighted by Gasteiger charge is -2.33. The van der Waals surface area contributed by atoms with Gasteiger partial charge in [-0.3, -0.25) is 28.9 Å². The summed E-state index contributed by atoms with van der Waals surface area (Å²) in [5.74, 6) is -2.18. The van der Waals surface area contributed by atoms with Crippen molar-refractivity contribution in [2.45, 2.75) is 82.9 Å². The van der Waals surface area contributed by atoms with E-state index in [2.05, 4.69) is 10.6 Å². The maximum absolute atomic E-state index is 13.7. The molecule has 3 heterocycles. The van der Waals surface area contributed by atoms with Crippen molar-refractivity contribution in [2.24, 2.45) is 0 Å². The molecule has 4 atom stereocenters. The van der Waals surface area contributed by atoms with Gasteiger partial charge >= 0.3 is 5.97 Å². The number of hydrogen-bond donors (Lipinski definition) is 2. The highest BCUT2D eigenvalue weighted by atomic mass is 16.7. The lowest BCUT2D eigenvalue weighted by atomic mass is 10.1. The number of nitrogens with one attached hydrogen (secondary N) is 2. The monoisotopic (exact) mass is 497 g/mol. The predicted molar refractivity (Wildman–Crippen MR) is 127 cm³/mol. The maximum atomic E-state index is 13.7. The van der Waals surface area contributed by atoms with Crippen molar-refractivity contribution in [3.05, 3.63) is 47.7 Å². The van der Waals surface area contributed by atoms with Crippen LogP contribution in [-0.4, -0.2) is 64.9 Å². The number of nitrogens with zero attached hydrogens (tertiary/aromatic N) is 1. The molecule has 192 valence electrons. The van der Waals surface area contributed by atoms with E-state index < -0.39 is 48.1 Å². The van der Waals surface area contributed by atoms with Gasteiger partial charge in [-0.25, -0.2) is 0 Å². The lowest BCUT2D eigenvalue weighted by molar-refractivity contribution is -0.173. The van der Waals surface area contributed by atoms with Gasteiger partial charge in [0.15, 0.2) is 5.78 Å². The summed E-state index contributed by atoms with van der Waals surface area (Å²) >= 11 is 0. The van der Waals surface area contributed by atoms with Crippen LogP contribution in [-0.2, 0) is 28.7 Å². The molecular weight excluding hydrogens is 466 g/mol. The summed E-state index contributed by atoms with van der Waals surface area (Å²) < 4.78 is 10.8. The van der Waals surface area contributed by atoms with Crippen LogP contribution < -0.4 is 10.6 Å². The molecule has 2 N–H and O–H groups in total. The minimum absolute atomic E-state index is 0.0544. The van der Waals surface area contributed by atoms with Gasteiger partial charge in [0.1, 0.15) is 18.1 Å². The van der Waals surface area contributed by atoms with E-state index in [4.69, 9.17) is 9.47 Å². The van der Waals surface area contributed by atoms with Gasteiger partial charge in [-0.2, -0.15) is 0 Å². The standard InChI is InChI=1S/C26H31N3O7/c1-15(2)35-26-18(14-22(31)36-26)28-24(33)20-11-7-6-10-19-21(30)13-12-17(25(34)29(19)20)27-23(32)16-8-4-3-5-9-16/h3-5,8-10,15,17-18,20,26H,6-7,11-14H2,1-2H3,(H,27,32)(H,28,33)/t17-,18-,20-,26-/m0/s1. The molecule has 0 bridgehead atoms. The smallest absolute Gasteiger partial charge is 0.310 e. The van der Waals surface area contributed by atoms with Crippen LogP contribution in [0, 0.1) is 0 Å². The van der Waals surface area contributed by atoms with E-state index in [1.165, 1.54) is 4.90 Å². The molecule has 3 aliphatic rings. The van der Waals surface area contributed by atoms with E-state index in [0.29, 0.717) is 24.8 Å². The molecule has 0 spiro atoms. The number of ether oxygens (including phenoxy) is 2. The third kappa shape index (κ3) is 5.64. The summed E-state index contributed by atoms with van der Waals surface area (Å²) in [6.45, 7) is 3.58. The number of allylic oxidation sites excluding steroid dienone is 2. The maximum Gasteiger partial charge on any atom is 0.310 e. The summed E-state index contributed by atoms with van der Waals surface area (Å²) in [6, 6.07) is 5.84. The number of carbonyl (C=O) groups is 5. The number of amides is 3. The molecule has 0 unspecified atom stereocenters. The zero-order valence-corrected chi connectivity index (χ0v) is 20.4. The van der Waals surface area contributed by atoms with Gasteiger partial charge < -0.3 is 20.1 Å². The van der Waals surface area contributed by atoms with Gasteiger partial charge in [0.05, 0.1) is 18.2 Å². The molecule has 0 aliphatic carbocycles. The van der Waals surface area contributed by atoms with E-state index in [-0.39, 0.29) is 36.8 Å². The van der Waals surface area contributed by atoms with Gasteiger partial charge in [0.25, 0.3) is 5.91 Å². The van der Waals surface area contributed by atoms with Crippen molar-refractivity contribution < 1.29 is 33.4 Å². The Hall–Kier alpha value is -3.53. The summed E-state index contributed by atoms with van der Waals surface area (Å²) in [4.78, 5) is 66.0. The normalized spacial score (nSPS) is 26.5. The van der Waals surface area contributed by atoms with Crippen LogP contribution in [0.1, 0.15) is 62.7 Å². The predicted octanol–water partition coefficient (Wildman–Crippen LogP) is 1.60. The van der Waals surface area contributed by atoms with Crippen molar-refractivity contribution in [2.75, 3.05) is 0 Å². The second-order valence-electron chi connectivity index (χ2n) is 9.46. The number of fused-ring (bicyclic) bond motifs is 1. The molecular formula is C26H31N3O7. The Morgan fingerprint density at radius 2 is 1.83 bits per heavy atom. The number of benzene rings is 1. The third-order valence-electron chi connectivity index (χ3n) is 6.41. The Bertz CT molecular complexity index is 1070. The number of rotatable bonds is 6. The van der Waals surface area contributed by atoms with Gasteiger partial charge in [-0.1, -0.05) is 24.3 Å². The topological polar surface area (TPSA) is 131 Å². The molecule has 0 saturated carbocycles. The number of esters is 1. The molecule has 2 fully saturated rings. The van der Waals surface area contributed by atoms with Crippen molar-refractivity contribution in [3.63, 3.8) is 0 Å². The Balaban J connectivity index is 1.56. The van der Waals surface area contributed by atoms with Gasteiger partial charge in [0.2, 0.25) is 18.1 Å². The summed E-state index contributed by atoms with van der Waals surface area (Å²) in [5.41, 5.74) is 0.576. The molecule has 36 heavy (non-hydrogen) atoms. The zero-order valence-electron chi connectivity index (χ0n) is 20.4. The number of ketones is 1. The van der Waals surface area contributed by atoms with E-state index in [0.717, 1.165) is 0 Å². The quantitative estimate of drug-likeness (QED) is 0.571. The minimum Gasteiger partial charge on any atom is -0.433 e.